The van der Waals surface area contributed by atoms with Crippen molar-refractivity contribution in [2.45, 2.75) is 13.3 Å². The van der Waals surface area contributed by atoms with Crippen LogP contribution < -0.4 is 15.5 Å². The molecule has 6 nitrogen and oxygen atoms in total. The quantitative estimate of drug-likeness (QED) is 0.892. The largest absolute Gasteiger partial charge is 0.354 e. The van der Waals surface area contributed by atoms with Crippen LogP contribution in [0.2, 0.25) is 0 Å². The zero-order valence-electron chi connectivity index (χ0n) is 12.1. The third-order valence-corrected chi connectivity index (χ3v) is 3.53. The Balaban J connectivity index is 2.04. The highest BCUT2D eigenvalue weighted by atomic mass is 16.1. The number of hydrogen-bond acceptors (Lipinski definition) is 5. The molecule has 2 N–H and O–H groups in total. The fourth-order valence-corrected chi connectivity index (χ4v) is 2.52. The van der Waals surface area contributed by atoms with Crippen LogP contribution in [0.5, 0.6) is 0 Å². The summed E-state index contributed by atoms with van der Waals surface area (Å²) in [4.78, 5) is 22.8. The summed E-state index contributed by atoms with van der Waals surface area (Å²) in [5.41, 5.74) is 0.919. The van der Waals surface area contributed by atoms with Crippen molar-refractivity contribution in [1.29, 1.82) is 0 Å². The van der Waals surface area contributed by atoms with Crippen molar-refractivity contribution in [2.24, 2.45) is 0 Å². The Morgan fingerprint density at radius 3 is 3.00 bits per heavy atom. The first-order valence-electron chi connectivity index (χ1n) is 7.30. The number of aromatic nitrogens is 2. The van der Waals surface area contributed by atoms with Gasteiger partial charge in [0.05, 0.1) is 5.52 Å². The second kappa shape index (κ2) is 5.95. The smallest absolute Gasteiger partial charge is 0.225 e. The molecule has 6 heteroatoms. The van der Waals surface area contributed by atoms with Crippen LogP contribution in [-0.4, -0.2) is 42.1 Å². The van der Waals surface area contributed by atoms with Gasteiger partial charge < -0.3 is 15.5 Å². The third kappa shape index (κ3) is 2.89. The van der Waals surface area contributed by atoms with Crippen LogP contribution in [-0.2, 0) is 4.79 Å². The lowest BCUT2D eigenvalue weighted by Gasteiger charge is -2.22. The molecule has 0 atom stereocenters. The fraction of sp³-hybridized carbons (Fsp3) is 0.400. The lowest BCUT2D eigenvalue weighted by atomic mass is 10.2. The minimum Gasteiger partial charge on any atom is -0.354 e. The lowest BCUT2D eigenvalue weighted by Crippen LogP contribution is -2.29. The maximum absolute atomic E-state index is 11.5. The Hall–Kier alpha value is -2.37. The van der Waals surface area contributed by atoms with Gasteiger partial charge >= 0.3 is 0 Å². The van der Waals surface area contributed by atoms with Crippen molar-refractivity contribution in [3.8, 4) is 0 Å². The molecule has 0 aliphatic carbocycles. The number of nitrogens with one attached hydrogen (secondary N) is 2. The van der Waals surface area contributed by atoms with E-state index in [9.17, 15) is 4.79 Å². The minimum atomic E-state index is 0.0998. The van der Waals surface area contributed by atoms with Gasteiger partial charge in [-0.05, 0) is 19.1 Å². The van der Waals surface area contributed by atoms with Gasteiger partial charge in [0.2, 0.25) is 11.9 Å². The molecule has 0 bridgehead atoms. The van der Waals surface area contributed by atoms with E-state index in [4.69, 9.17) is 0 Å². The van der Waals surface area contributed by atoms with E-state index in [1.54, 1.807) is 0 Å². The highest BCUT2D eigenvalue weighted by Crippen LogP contribution is 2.25. The lowest BCUT2D eigenvalue weighted by molar-refractivity contribution is -0.120. The molecule has 1 saturated heterocycles. The first-order valence-corrected chi connectivity index (χ1v) is 7.30. The van der Waals surface area contributed by atoms with E-state index in [2.05, 4.69) is 25.5 Å². The molecule has 3 rings (SSSR count). The molecule has 1 amide bonds. The highest BCUT2D eigenvalue weighted by molar-refractivity contribution is 5.91. The van der Waals surface area contributed by atoms with Crippen molar-refractivity contribution in [2.75, 3.05) is 36.4 Å². The summed E-state index contributed by atoms with van der Waals surface area (Å²) in [7, 11) is 0. The minimum absolute atomic E-state index is 0.0998. The maximum atomic E-state index is 11.5. The highest BCUT2D eigenvalue weighted by Gasteiger charge is 2.18. The number of anilines is 2. The van der Waals surface area contributed by atoms with Gasteiger partial charge in [0.1, 0.15) is 5.82 Å². The van der Waals surface area contributed by atoms with Crippen molar-refractivity contribution < 1.29 is 4.79 Å². The number of hydrogen-bond donors (Lipinski definition) is 2. The Labute approximate surface area is 123 Å². The predicted octanol–water partition coefficient (Wildman–Crippen LogP) is 1.39. The maximum Gasteiger partial charge on any atom is 0.225 e. The van der Waals surface area contributed by atoms with E-state index >= 15 is 0 Å². The molecule has 0 unspecified atom stereocenters. The van der Waals surface area contributed by atoms with Gasteiger partial charge in [-0.2, -0.15) is 4.98 Å². The molecule has 1 aromatic carbocycles. The fourth-order valence-electron chi connectivity index (χ4n) is 2.52. The van der Waals surface area contributed by atoms with Gasteiger partial charge in [0.15, 0.2) is 0 Å². The summed E-state index contributed by atoms with van der Waals surface area (Å²) in [5.74, 6) is 1.63. The third-order valence-electron chi connectivity index (χ3n) is 3.53. The topological polar surface area (TPSA) is 70.2 Å². The standard InChI is InChI=1S/C15H19N5O/c1-2-16-15-18-12-6-4-3-5-11(12)14(19-15)20-9-7-13(21)17-8-10-20/h3-6H,2,7-10H2,1H3,(H,17,21)(H,16,18,19). The van der Waals surface area contributed by atoms with E-state index in [0.717, 1.165) is 29.8 Å². The molecule has 0 radical (unpaired) electrons. The first kappa shape index (κ1) is 13.6. The van der Waals surface area contributed by atoms with Crippen LogP contribution in [0.15, 0.2) is 24.3 Å². The van der Waals surface area contributed by atoms with Crippen LogP contribution in [0.4, 0.5) is 11.8 Å². The molecule has 1 aliphatic rings. The predicted molar refractivity (Wildman–Crippen MR) is 83.5 cm³/mol. The zero-order chi connectivity index (χ0) is 14.7. The Morgan fingerprint density at radius 1 is 1.29 bits per heavy atom. The van der Waals surface area contributed by atoms with Crippen LogP contribution in [0, 0.1) is 0 Å². The van der Waals surface area contributed by atoms with Gasteiger partial charge in [0.25, 0.3) is 0 Å². The van der Waals surface area contributed by atoms with E-state index in [1.165, 1.54) is 0 Å². The molecule has 2 heterocycles. The average Bonchev–Trinajstić information content (AvgIpc) is 2.71. The van der Waals surface area contributed by atoms with Gasteiger partial charge in [-0.3, -0.25) is 4.79 Å². The number of amides is 1. The van der Waals surface area contributed by atoms with Crippen molar-refractivity contribution >= 4 is 28.6 Å². The molecule has 2 aromatic rings. The summed E-state index contributed by atoms with van der Waals surface area (Å²) in [6.07, 6.45) is 0.495. The van der Waals surface area contributed by atoms with Crippen LogP contribution in [0.3, 0.4) is 0 Å². The number of carbonyl (C=O) groups is 1. The Morgan fingerprint density at radius 2 is 2.14 bits per heavy atom. The van der Waals surface area contributed by atoms with Gasteiger partial charge in [-0.25, -0.2) is 4.98 Å². The van der Waals surface area contributed by atoms with E-state index < -0.39 is 0 Å². The number of carbonyl (C=O) groups excluding carboxylic acids is 1. The molecule has 0 spiro atoms. The summed E-state index contributed by atoms with van der Waals surface area (Å²) < 4.78 is 0. The summed E-state index contributed by atoms with van der Waals surface area (Å²) in [6.45, 7) is 4.88. The normalized spacial score (nSPS) is 15.7. The van der Waals surface area contributed by atoms with E-state index in [0.29, 0.717) is 25.5 Å². The van der Waals surface area contributed by atoms with Gasteiger partial charge in [-0.15, -0.1) is 0 Å². The molecule has 1 fully saturated rings. The monoisotopic (exact) mass is 285 g/mol. The van der Waals surface area contributed by atoms with Crippen molar-refractivity contribution in [3.63, 3.8) is 0 Å². The number of rotatable bonds is 3. The number of nitrogens with zero attached hydrogens (tertiary/aromatic N) is 3. The second-order valence-electron chi connectivity index (χ2n) is 5.01. The Bertz CT molecular complexity index is 658. The molecule has 1 aliphatic heterocycles. The number of para-hydroxylation sites is 1. The van der Waals surface area contributed by atoms with Gasteiger partial charge in [0, 0.05) is 38.0 Å². The Kier molecular flexibility index (Phi) is 3.85. The molecule has 21 heavy (non-hydrogen) atoms. The molecular weight excluding hydrogens is 266 g/mol. The summed E-state index contributed by atoms with van der Waals surface area (Å²) in [5, 5.41) is 7.09. The molecule has 1 aromatic heterocycles. The van der Waals surface area contributed by atoms with Gasteiger partial charge in [-0.1, -0.05) is 12.1 Å². The first-order chi connectivity index (χ1) is 10.3. The van der Waals surface area contributed by atoms with Crippen LogP contribution in [0.1, 0.15) is 13.3 Å². The van der Waals surface area contributed by atoms with Crippen molar-refractivity contribution in [1.82, 2.24) is 15.3 Å². The summed E-state index contributed by atoms with van der Waals surface area (Å²) >= 11 is 0. The summed E-state index contributed by atoms with van der Waals surface area (Å²) in [6, 6.07) is 7.98. The number of fused-ring (bicyclic) bond motifs is 1. The zero-order valence-corrected chi connectivity index (χ0v) is 12.1. The van der Waals surface area contributed by atoms with Crippen LogP contribution >= 0.6 is 0 Å². The SMILES string of the molecule is CCNc1nc(N2CCNC(=O)CC2)c2ccccc2n1. The number of benzene rings is 1. The van der Waals surface area contributed by atoms with Crippen molar-refractivity contribution in [3.05, 3.63) is 24.3 Å². The molecule has 0 saturated carbocycles. The molecule has 110 valence electrons. The van der Waals surface area contributed by atoms with E-state index in [1.807, 2.05) is 31.2 Å². The molecular formula is C15H19N5O. The van der Waals surface area contributed by atoms with E-state index in [-0.39, 0.29) is 5.91 Å². The van der Waals surface area contributed by atoms with Crippen LogP contribution in [0.25, 0.3) is 10.9 Å². The average molecular weight is 285 g/mol. The second-order valence-corrected chi connectivity index (χ2v) is 5.01.